The van der Waals surface area contributed by atoms with Gasteiger partial charge in [-0.1, -0.05) is 84.6 Å². The van der Waals surface area contributed by atoms with Gasteiger partial charge in [-0.25, -0.2) is 0 Å². The molecule has 1 aromatic heterocycles. The molecule has 4 aromatic carbocycles. The molecule has 6 rings (SSSR count). The van der Waals surface area contributed by atoms with Crippen LogP contribution in [0.25, 0.3) is 37.9 Å². The van der Waals surface area contributed by atoms with Crippen LogP contribution in [0.1, 0.15) is 18.4 Å². The smallest absolute Gasteiger partial charge is 0.0353 e. The minimum atomic E-state index is 1.07. The second-order valence-electron chi connectivity index (χ2n) is 7.94. The second-order valence-corrected chi connectivity index (χ2v) is 9.02. The SMILES string of the molecule is C1=CCCC(c2c3ccccc3c(Sc3ccc4ccccc4c3)c3ccncc23)=C1. The number of hydrogen-bond acceptors (Lipinski definition) is 2. The summed E-state index contributed by atoms with van der Waals surface area (Å²) in [6.07, 6.45) is 12.8. The Morgan fingerprint density at radius 2 is 1.55 bits per heavy atom. The Morgan fingerprint density at radius 3 is 2.42 bits per heavy atom. The molecule has 0 saturated heterocycles. The van der Waals surface area contributed by atoms with E-state index in [0.717, 1.165) is 12.8 Å². The molecule has 5 aromatic rings. The summed E-state index contributed by atoms with van der Waals surface area (Å²) in [7, 11) is 0. The van der Waals surface area contributed by atoms with Crippen LogP contribution in [0.15, 0.2) is 113 Å². The number of nitrogens with zero attached hydrogens (tertiary/aromatic N) is 1. The Morgan fingerprint density at radius 1 is 0.742 bits per heavy atom. The van der Waals surface area contributed by atoms with Gasteiger partial charge in [-0.2, -0.15) is 0 Å². The van der Waals surface area contributed by atoms with E-state index < -0.39 is 0 Å². The molecule has 1 nitrogen and oxygen atoms in total. The van der Waals surface area contributed by atoms with E-state index in [0.29, 0.717) is 0 Å². The Hall–Kier alpha value is -3.36. The first-order valence-corrected chi connectivity index (χ1v) is 11.5. The molecule has 0 radical (unpaired) electrons. The molecule has 0 spiro atoms. The van der Waals surface area contributed by atoms with Gasteiger partial charge in [0.1, 0.15) is 0 Å². The number of hydrogen-bond donors (Lipinski definition) is 0. The fourth-order valence-corrected chi connectivity index (χ4v) is 5.73. The van der Waals surface area contributed by atoms with E-state index in [1.165, 1.54) is 53.2 Å². The maximum absolute atomic E-state index is 4.51. The average molecular weight is 416 g/mol. The van der Waals surface area contributed by atoms with Crippen molar-refractivity contribution in [2.24, 2.45) is 0 Å². The molecule has 148 valence electrons. The van der Waals surface area contributed by atoms with Crippen molar-refractivity contribution in [3.05, 3.63) is 109 Å². The molecule has 2 heteroatoms. The van der Waals surface area contributed by atoms with E-state index >= 15 is 0 Å². The summed E-state index contributed by atoms with van der Waals surface area (Å²) < 4.78 is 0. The molecule has 0 aliphatic heterocycles. The van der Waals surface area contributed by atoms with E-state index in [1.54, 1.807) is 0 Å². The maximum atomic E-state index is 4.51. The molecule has 0 saturated carbocycles. The van der Waals surface area contributed by atoms with Gasteiger partial charge in [0, 0.05) is 27.6 Å². The molecule has 31 heavy (non-hydrogen) atoms. The average Bonchev–Trinajstić information content (AvgIpc) is 2.84. The van der Waals surface area contributed by atoms with Crippen LogP contribution >= 0.6 is 11.8 Å². The third-order valence-electron chi connectivity index (χ3n) is 6.05. The maximum Gasteiger partial charge on any atom is 0.0353 e. The number of allylic oxidation sites excluding steroid dienone is 4. The van der Waals surface area contributed by atoms with Crippen molar-refractivity contribution < 1.29 is 0 Å². The lowest BCUT2D eigenvalue weighted by Gasteiger charge is -2.19. The molecule has 0 amide bonds. The summed E-state index contributed by atoms with van der Waals surface area (Å²) in [6, 6.07) is 26.3. The number of aromatic nitrogens is 1. The normalized spacial score (nSPS) is 13.7. The highest BCUT2D eigenvalue weighted by molar-refractivity contribution is 7.99. The van der Waals surface area contributed by atoms with Crippen LogP contribution in [-0.4, -0.2) is 4.98 Å². The Balaban J connectivity index is 1.62. The van der Waals surface area contributed by atoms with E-state index in [4.69, 9.17) is 0 Å². The van der Waals surface area contributed by atoms with Gasteiger partial charge in [-0.3, -0.25) is 4.98 Å². The number of benzene rings is 4. The predicted molar refractivity (Wildman–Crippen MR) is 134 cm³/mol. The van der Waals surface area contributed by atoms with E-state index in [9.17, 15) is 0 Å². The molecular weight excluding hydrogens is 394 g/mol. The third kappa shape index (κ3) is 3.24. The van der Waals surface area contributed by atoms with Gasteiger partial charge >= 0.3 is 0 Å². The predicted octanol–water partition coefficient (Wildman–Crippen LogP) is 8.43. The van der Waals surface area contributed by atoms with Crippen molar-refractivity contribution in [3.63, 3.8) is 0 Å². The van der Waals surface area contributed by atoms with E-state index in [1.807, 2.05) is 24.2 Å². The van der Waals surface area contributed by atoms with Gasteiger partial charge in [-0.15, -0.1) is 0 Å². The van der Waals surface area contributed by atoms with E-state index in [-0.39, 0.29) is 0 Å². The van der Waals surface area contributed by atoms with Gasteiger partial charge in [0.2, 0.25) is 0 Å². The quantitative estimate of drug-likeness (QED) is 0.274. The summed E-state index contributed by atoms with van der Waals surface area (Å²) in [5.74, 6) is 0. The van der Waals surface area contributed by atoms with Crippen LogP contribution in [0, 0.1) is 0 Å². The van der Waals surface area contributed by atoms with Gasteiger partial charge < -0.3 is 0 Å². The molecule has 0 atom stereocenters. The zero-order valence-corrected chi connectivity index (χ0v) is 17.9. The highest BCUT2D eigenvalue weighted by atomic mass is 32.2. The van der Waals surface area contributed by atoms with Crippen molar-refractivity contribution in [2.75, 3.05) is 0 Å². The van der Waals surface area contributed by atoms with Crippen molar-refractivity contribution in [1.82, 2.24) is 4.98 Å². The zero-order valence-electron chi connectivity index (χ0n) is 17.1. The topological polar surface area (TPSA) is 12.9 Å². The van der Waals surface area contributed by atoms with Crippen molar-refractivity contribution in [3.8, 4) is 0 Å². The van der Waals surface area contributed by atoms with Crippen molar-refractivity contribution in [1.29, 1.82) is 0 Å². The van der Waals surface area contributed by atoms with Crippen LogP contribution in [-0.2, 0) is 0 Å². The molecule has 1 aliphatic rings. The molecule has 1 heterocycles. The van der Waals surface area contributed by atoms with Crippen LogP contribution in [0.2, 0.25) is 0 Å². The van der Waals surface area contributed by atoms with Crippen LogP contribution < -0.4 is 0 Å². The second kappa shape index (κ2) is 7.72. The van der Waals surface area contributed by atoms with Crippen LogP contribution in [0.4, 0.5) is 0 Å². The molecule has 1 aliphatic carbocycles. The lowest BCUT2D eigenvalue weighted by molar-refractivity contribution is 1.06. The standard InChI is InChI=1S/C29H21NS/c1-2-9-21(10-3-1)28-24-12-6-7-13-25(24)29(26-16-17-30-19-27(26)28)31-23-15-14-20-8-4-5-11-22(20)18-23/h1-2,4-9,11-19H,3,10H2. The van der Waals surface area contributed by atoms with Gasteiger partial charge in [0.15, 0.2) is 0 Å². The van der Waals surface area contributed by atoms with E-state index in [2.05, 4.69) is 96.0 Å². The van der Waals surface area contributed by atoms with Gasteiger partial charge in [0.25, 0.3) is 0 Å². The summed E-state index contributed by atoms with van der Waals surface area (Å²) in [6.45, 7) is 0. The number of rotatable bonds is 3. The zero-order chi connectivity index (χ0) is 20.6. The van der Waals surface area contributed by atoms with Gasteiger partial charge in [0.05, 0.1) is 0 Å². The highest BCUT2D eigenvalue weighted by Crippen LogP contribution is 2.44. The number of fused-ring (bicyclic) bond motifs is 3. The van der Waals surface area contributed by atoms with Crippen molar-refractivity contribution >= 4 is 49.7 Å². The summed E-state index contributed by atoms with van der Waals surface area (Å²) >= 11 is 1.86. The summed E-state index contributed by atoms with van der Waals surface area (Å²) in [4.78, 5) is 7.07. The lowest BCUT2D eigenvalue weighted by atomic mass is 9.89. The Bertz CT molecular complexity index is 1450. The first kappa shape index (κ1) is 18.4. The first-order valence-electron chi connectivity index (χ1n) is 10.7. The molecule has 0 bridgehead atoms. The summed E-state index contributed by atoms with van der Waals surface area (Å²) in [5, 5.41) is 7.69. The Kier molecular flexibility index (Phi) is 4.58. The van der Waals surface area contributed by atoms with Gasteiger partial charge in [-0.05, 0) is 69.1 Å². The summed E-state index contributed by atoms with van der Waals surface area (Å²) in [5.41, 5.74) is 2.74. The lowest BCUT2D eigenvalue weighted by Crippen LogP contribution is -1.95. The molecule has 0 unspecified atom stereocenters. The molecule has 0 N–H and O–H groups in total. The number of pyridine rings is 1. The monoisotopic (exact) mass is 415 g/mol. The molecule has 0 fully saturated rings. The fourth-order valence-electron chi connectivity index (χ4n) is 4.60. The minimum absolute atomic E-state index is 1.07. The molecular formula is C29H21NS. The Labute approximate surface area is 186 Å². The van der Waals surface area contributed by atoms with Crippen LogP contribution in [0.5, 0.6) is 0 Å². The van der Waals surface area contributed by atoms with Crippen molar-refractivity contribution in [2.45, 2.75) is 22.6 Å². The third-order valence-corrected chi connectivity index (χ3v) is 7.19. The highest BCUT2D eigenvalue weighted by Gasteiger charge is 2.17. The van der Waals surface area contributed by atoms with Crippen LogP contribution in [0.3, 0.4) is 0 Å². The first-order chi connectivity index (χ1) is 15.4. The largest absolute Gasteiger partial charge is 0.264 e. The minimum Gasteiger partial charge on any atom is -0.264 e. The fraction of sp³-hybridized carbons (Fsp3) is 0.0690.